The Morgan fingerprint density at radius 2 is 2.25 bits per heavy atom. The van der Waals surface area contributed by atoms with Crippen LogP contribution in [0.25, 0.3) is 0 Å². The molecule has 1 atom stereocenters. The van der Waals surface area contributed by atoms with Crippen LogP contribution < -0.4 is 10.6 Å². The summed E-state index contributed by atoms with van der Waals surface area (Å²) in [5.74, 6) is -0.0193. The first-order valence-corrected chi connectivity index (χ1v) is 5.85. The first-order chi connectivity index (χ1) is 7.65. The lowest BCUT2D eigenvalue weighted by atomic mass is 10.2. The Kier molecular flexibility index (Phi) is 3.46. The predicted octanol–water partition coefficient (Wildman–Crippen LogP) is 2.42. The van der Waals surface area contributed by atoms with Gasteiger partial charge in [0.15, 0.2) is 0 Å². The summed E-state index contributed by atoms with van der Waals surface area (Å²) in [6.07, 6.45) is 2.35. The van der Waals surface area contributed by atoms with Crippen LogP contribution in [0.1, 0.15) is 19.8 Å². The zero-order valence-electron chi connectivity index (χ0n) is 9.16. The molecule has 0 radical (unpaired) electrons. The molecule has 0 saturated heterocycles. The molecular formula is C12H15ClN2O. The molecule has 0 aromatic heterocycles. The van der Waals surface area contributed by atoms with Gasteiger partial charge in [-0.3, -0.25) is 4.79 Å². The standard InChI is InChI=1S/C12H15ClN2O/c1-8(14-10-5-6-10)12(16)15-11-4-2-3-9(13)7-11/h2-4,7-8,10,14H,5-6H2,1H3,(H,15,16). The molecule has 1 aromatic rings. The highest BCUT2D eigenvalue weighted by molar-refractivity contribution is 6.30. The number of anilines is 1. The third-order valence-corrected chi connectivity index (χ3v) is 2.78. The van der Waals surface area contributed by atoms with E-state index in [0.29, 0.717) is 11.1 Å². The van der Waals surface area contributed by atoms with Crippen molar-refractivity contribution in [2.45, 2.75) is 31.8 Å². The van der Waals surface area contributed by atoms with Crippen molar-refractivity contribution < 1.29 is 4.79 Å². The van der Waals surface area contributed by atoms with Crippen molar-refractivity contribution in [3.05, 3.63) is 29.3 Å². The number of carbonyl (C=O) groups excluding carboxylic acids is 1. The summed E-state index contributed by atoms with van der Waals surface area (Å²) >= 11 is 5.84. The summed E-state index contributed by atoms with van der Waals surface area (Å²) < 4.78 is 0. The molecule has 0 bridgehead atoms. The second-order valence-corrected chi connectivity index (χ2v) is 4.60. The molecule has 0 aliphatic heterocycles. The Labute approximate surface area is 100 Å². The van der Waals surface area contributed by atoms with Gasteiger partial charge in [-0.2, -0.15) is 0 Å². The maximum atomic E-state index is 11.8. The van der Waals surface area contributed by atoms with E-state index >= 15 is 0 Å². The van der Waals surface area contributed by atoms with E-state index in [-0.39, 0.29) is 11.9 Å². The van der Waals surface area contributed by atoms with Gasteiger partial charge in [0, 0.05) is 16.8 Å². The van der Waals surface area contributed by atoms with Gasteiger partial charge in [0.2, 0.25) is 5.91 Å². The normalized spacial score (nSPS) is 16.9. The monoisotopic (exact) mass is 238 g/mol. The van der Waals surface area contributed by atoms with Gasteiger partial charge in [-0.25, -0.2) is 0 Å². The number of hydrogen-bond acceptors (Lipinski definition) is 2. The predicted molar refractivity (Wildman–Crippen MR) is 65.7 cm³/mol. The van der Waals surface area contributed by atoms with Crippen LogP contribution in [0.15, 0.2) is 24.3 Å². The maximum Gasteiger partial charge on any atom is 0.241 e. The average molecular weight is 239 g/mol. The molecule has 1 fully saturated rings. The molecular weight excluding hydrogens is 224 g/mol. The van der Waals surface area contributed by atoms with E-state index in [1.165, 1.54) is 12.8 Å². The minimum Gasteiger partial charge on any atom is -0.325 e. The van der Waals surface area contributed by atoms with Crippen molar-refractivity contribution in [3.63, 3.8) is 0 Å². The number of amides is 1. The Morgan fingerprint density at radius 3 is 2.88 bits per heavy atom. The summed E-state index contributed by atoms with van der Waals surface area (Å²) in [6, 6.07) is 7.53. The highest BCUT2D eigenvalue weighted by atomic mass is 35.5. The molecule has 86 valence electrons. The van der Waals surface area contributed by atoms with E-state index in [4.69, 9.17) is 11.6 Å². The Morgan fingerprint density at radius 1 is 1.50 bits per heavy atom. The van der Waals surface area contributed by atoms with Crippen LogP contribution in [0, 0.1) is 0 Å². The largest absolute Gasteiger partial charge is 0.325 e. The van der Waals surface area contributed by atoms with E-state index in [2.05, 4.69) is 10.6 Å². The average Bonchev–Trinajstić information content (AvgIpc) is 3.01. The number of rotatable bonds is 4. The van der Waals surface area contributed by atoms with E-state index in [1.54, 1.807) is 12.1 Å². The third kappa shape index (κ3) is 3.22. The van der Waals surface area contributed by atoms with Crippen LogP contribution in [-0.2, 0) is 4.79 Å². The number of carbonyl (C=O) groups is 1. The van der Waals surface area contributed by atoms with Crippen LogP contribution in [0.5, 0.6) is 0 Å². The maximum absolute atomic E-state index is 11.8. The molecule has 1 aliphatic rings. The summed E-state index contributed by atoms with van der Waals surface area (Å²) in [5, 5.41) is 6.70. The Bertz CT molecular complexity index is 390. The quantitative estimate of drug-likeness (QED) is 0.846. The minimum atomic E-state index is -0.161. The van der Waals surface area contributed by atoms with Crippen LogP contribution in [0.3, 0.4) is 0 Å². The summed E-state index contributed by atoms with van der Waals surface area (Å²) in [6.45, 7) is 1.87. The molecule has 0 spiro atoms. The minimum absolute atomic E-state index is 0.0193. The molecule has 1 aliphatic carbocycles. The molecule has 16 heavy (non-hydrogen) atoms. The van der Waals surface area contributed by atoms with E-state index in [9.17, 15) is 4.79 Å². The SMILES string of the molecule is CC(NC1CC1)C(=O)Nc1cccc(Cl)c1. The van der Waals surface area contributed by atoms with Gasteiger partial charge in [-0.15, -0.1) is 0 Å². The second kappa shape index (κ2) is 4.85. The van der Waals surface area contributed by atoms with Crippen molar-refractivity contribution in [3.8, 4) is 0 Å². The number of halogens is 1. The van der Waals surface area contributed by atoms with Crippen LogP contribution >= 0.6 is 11.6 Å². The zero-order chi connectivity index (χ0) is 11.5. The highest BCUT2D eigenvalue weighted by Gasteiger charge is 2.25. The summed E-state index contributed by atoms with van der Waals surface area (Å²) in [7, 11) is 0. The van der Waals surface area contributed by atoms with Crippen molar-refractivity contribution in [2.75, 3.05) is 5.32 Å². The molecule has 1 unspecified atom stereocenters. The Balaban J connectivity index is 1.90. The van der Waals surface area contributed by atoms with Crippen molar-refractivity contribution in [2.24, 2.45) is 0 Å². The lowest BCUT2D eigenvalue weighted by molar-refractivity contribution is -0.117. The van der Waals surface area contributed by atoms with Crippen LogP contribution in [0.2, 0.25) is 5.02 Å². The molecule has 1 amide bonds. The number of hydrogen-bond donors (Lipinski definition) is 2. The fraction of sp³-hybridized carbons (Fsp3) is 0.417. The fourth-order valence-electron chi connectivity index (χ4n) is 1.50. The lowest BCUT2D eigenvalue weighted by Gasteiger charge is -2.13. The Hall–Kier alpha value is -1.06. The smallest absolute Gasteiger partial charge is 0.241 e. The first-order valence-electron chi connectivity index (χ1n) is 5.47. The molecule has 1 aromatic carbocycles. The third-order valence-electron chi connectivity index (χ3n) is 2.55. The van der Waals surface area contributed by atoms with Crippen molar-refractivity contribution in [1.29, 1.82) is 0 Å². The van der Waals surface area contributed by atoms with Crippen LogP contribution in [-0.4, -0.2) is 18.0 Å². The number of nitrogens with one attached hydrogen (secondary N) is 2. The van der Waals surface area contributed by atoms with E-state index in [0.717, 1.165) is 5.69 Å². The van der Waals surface area contributed by atoms with Crippen molar-refractivity contribution >= 4 is 23.2 Å². The topological polar surface area (TPSA) is 41.1 Å². The molecule has 2 rings (SSSR count). The van der Waals surface area contributed by atoms with E-state index in [1.807, 2.05) is 19.1 Å². The van der Waals surface area contributed by atoms with Gasteiger partial charge in [0.1, 0.15) is 0 Å². The highest BCUT2D eigenvalue weighted by Crippen LogP contribution is 2.20. The summed E-state index contributed by atoms with van der Waals surface area (Å²) in [5.41, 5.74) is 0.738. The second-order valence-electron chi connectivity index (χ2n) is 4.16. The molecule has 1 saturated carbocycles. The first kappa shape index (κ1) is 11.4. The van der Waals surface area contributed by atoms with E-state index < -0.39 is 0 Å². The van der Waals surface area contributed by atoms with Gasteiger partial charge in [0.25, 0.3) is 0 Å². The molecule has 4 heteroatoms. The van der Waals surface area contributed by atoms with Gasteiger partial charge < -0.3 is 10.6 Å². The summed E-state index contributed by atoms with van der Waals surface area (Å²) in [4.78, 5) is 11.8. The van der Waals surface area contributed by atoms with Crippen LogP contribution in [0.4, 0.5) is 5.69 Å². The van der Waals surface area contributed by atoms with Gasteiger partial charge in [-0.05, 0) is 38.0 Å². The molecule has 2 N–H and O–H groups in total. The zero-order valence-corrected chi connectivity index (χ0v) is 9.92. The fourth-order valence-corrected chi connectivity index (χ4v) is 1.69. The molecule has 0 heterocycles. The van der Waals surface area contributed by atoms with Gasteiger partial charge in [0.05, 0.1) is 6.04 Å². The van der Waals surface area contributed by atoms with Gasteiger partial charge in [-0.1, -0.05) is 17.7 Å². The lowest BCUT2D eigenvalue weighted by Crippen LogP contribution is -2.39. The van der Waals surface area contributed by atoms with Gasteiger partial charge >= 0.3 is 0 Å². The van der Waals surface area contributed by atoms with Crippen molar-refractivity contribution in [1.82, 2.24) is 5.32 Å². The molecule has 3 nitrogen and oxygen atoms in total. The number of benzene rings is 1.